The molecule has 1 N–H and O–H groups in total. The fourth-order valence-corrected chi connectivity index (χ4v) is 2.88. The second kappa shape index (κ2) is 7.71. The van der Waals surface area contributed by atoms with Gasteiger partial charge in [0.15, 0.2) is 0 Å². The molecule has 1 unspecified atom stereocenters. The molecule has 130 valence electrons. The molecule has 0 aromatic rings. The van der Waals surface area contributed by atoms with Crippen LogP contribution in [-0.2, 0) is 19.1 Å². The average Bonchev–Trinajstić information content (AvgIpc) is 2.64. The summed E-state index contributed by atoms with van der Waals surface area (Å²) in [5.74, 6) is -0.508. The first-order valence-corrected chi connectivity index (χ1v) is 8.57. The van der Waals surface area contributed by atoms with Crippen molar-refractivity contribution in [3.05, 3.63) is 10.6 Å². The molecule has 1 saturated carbocycles. The molecule has 0 spiro atoms. The van der Waals surface area contributed by atoms with Crippen LogP contribution in [0, 0.1) is 5.41 Å². The maximum absolute atomic E-state index is 11.8. The van der Waals surface area contributed by atoms with Crippen molar-refractivity contribution in [1.82, 2.24) is 0 Å². The smallest absolute Gasteiger partial charge is 0.309 e. The molecular weight excluding hydrogens is 364 g/mol. The lowest BCUT2D eigenvalue weighted by Crippen LogP contribution is -2.29. The summed E-state index contributed by atoms with van der Waals surface area (Å²) in [6.07, 6.45) is 2.09. The minimum Gasteiger partial charge on any atom is -0.460 e. The van der Waals surface area contributed by atoms with E-state index in [0.29, 0.717) is 30.2 Å². The van der Waals surface area contributed by atoms with E-state index in [4.69, 9.17) is 4.74 Å². The van der Waals surface area contributed by atoms with Gasteiger partial charge in [-0.1, -0.05) is 22.0 Å². The third-order valence-electron chi connectivity index (χ3n) is 3.89. The predicted octanol–water partition coefficient (Wildman–Crippen LogP) is 3.08. The van der Waals surface area contributed by atoms with Gasteiger partial charge in [0, 0.05) is 17.3 Å². The van der Waals surface area contributed by atoms with Gasteiger partial charge in [0.1, 0.15) is 17.2 Å². The van der Waals surface area contributed by atoms with Crippen molar-refractivity contribution in [3.63, 3.8) is 0 Å². The lowest BCUT2D eigenvalue weighted by atomic mass is 9.82. The Bertz CT molecular complexity index is 500. The van der Waals surface area contributed by atoms with Crippen LogP contribution in [0.2, 0.25) is 0 Å². The van der Waals surface area contributed by atoms with Crippen molar-refractivity contribution >= 4 is 33.5 Å². The molecule has 1 aliphatic carbocycles. The second-order valence-corrected chi connectivity index (χ2v) is 8.03. The van der Waals surface area contributed by atoms with Gasteiger partial charge in [-0.25, -0.2) is 0 Å². The molecule has 0 saturated heterocycles. The minimum absolute atomic E-state index is 0.0127. The molecule has 1 rings (SSSR count). The Morgan fingerprint density at radius 3 is 2.35 bits per heavy atom. The number of ether oxygens (including phenoxy) is 1. The summed E-state index contributed by atoms with van der Waals surface area (Å²) < 4.78 is 5.61. The molecule has 0 radical (unpaired) electrons. The number of hydrogen-bond acceptors (Lipinski definition) is 5. The van der Waals surface area contributed by atoms with Crippen LogP contribution in [0.5, 0.6) is 0 Å². The first-order valence-electron chi connectivity index (χ1n) is 7.78. The van der Waals surface area contributed by atoms with Crippen molar-refractivity contribution in [1.29, 1.82) is 0 Å². The zero-order chi connectivity index (χ0) is 17.8. The molecule has 0 aromatic carbocycles. The van der Waals surface area contributed by atoms with Crippen LogP contribution in [0.3, 0.4) is 0 Å². The molecule has 0 aromatic heterocycles. The van der Waals surface area contributed by atoms with E-state index in [1.807, 2.05) is 0 Å². The zero-order valence-corrected chi connectivity index (χ0v) is 15.7. The lowest BCUT2D eigenvalue weighted by Gasteiger charge is -2.21. The van der Waals surface area contributed by atoms with Crippen LogP contribution in [0.1, 0.15) is 59.8 Å². The quantitative estimate of drug-likeness (QED) is 0.558. The van der Waals surface area contributed by atoms with E-state index >= 15 is 0 Å². The molecule has 23 heavy (non-hydrogen) atoms. The molecule has 0 heterocycles. The SMILES string of the molecule is CC(C)(C)OC(=O)CC(O)/C(Br)=C/CCC1(C)C(=O)CCC1=O. The molecule has 0 bridgehead atoms. The van der Waals surface area contributed by atoms with E-state index in [2.05, 4.69) is 15.9 Å². The first-order chi connectivity index (χ1) is 10.5. The molecule has 1 atom stereocenters. The number of halogens is 1. The van der Waals surface area contributed by atoms with Crippen molar-refractivity contribution in [2.24, 2.45) is 5.41 Å². The number of aliphatic hydroxyl groups excluding tert-OH is 1. The summed E-state index contributed by atoms with van der Waals surface area (Å²) in [4.78, 5) is 35.3. The topological polar surface area (TPSA) is 80.7 Å². The van der Waals surface area contributed by atoms with Crippen LogP contribution in [0.15, 0.2) is 10.6 Å². The fourth-order valence-electron chi connectivity index (χ4n) is 2.49. The zero-order valence-electron chi connectivity index (χ0n) is 14.1. The van der Waals surface area contributed by atoms with Crippen LogP contribution in [0.4, 0.5) is 0 Å². The van der Waals surface area contributed by atoms with Crippen molar-refractivity contribution < 1.29 is 24.2 Å². The summed E-state index contributed by atoms with van der Waals surface area (Å²) in [6, 6.07) is 0. The van der Waals surface area contributed by atoms with Gasteiger partial charge in [0.05, 0.1) is 17.9 Å². The minimum atomic E-state index is -0.993. The first kappa shape index (κ1) is 20.0. The number of carbonyl (C=O) groups excluding carboxylic acids is 3. The Balaban J connectivity index is 2.52. The fraction of sp³-hybridized carbons (Fsp3) is 0.706. The number of hydrogen-bond donors (Lipinski definition) is 1. The van der Waals surface area contributed by atoms with Gasteiger partial charge in [-0.15, -0.1) is 0 Å². The van der Waals surface area contributed by atoms with Gasteiger partial charge in [-0.2, -0.15) is 0 Å². The standard InChI is InChI=1S/C17H25BrO5/c1-16(2,3)23-15(22)10-12(19)11(18)6-5-9-17(4)13(20)7-8-14(17)21/h6,12,19H,5,7-10H2,1-4H3/b11-6-. The number of carbonyl (C=O) groups is 3. The average molecular weight is 389 g/mol. The van der Waals surface area contributed by atoms with Crippen molar-refractivity contribution in [2.75, 3.05) is 0 Å². The number of Topliss-reactive ketones (excluding diaryl/α,β-unsaturated/α-hetero) is 2. The van der Waals surface area contributed by atoms with Gasteiger partial charge < -0.3 is 9.84 Å². The molecule has 5 nitrogen and oxygen atoms in total. The number of aliphatic hydroxyl groups is 1. The van der Waals surface area contributed by atoms with Gasteiger partial charge in [-0.3, -0.25) is 14.4 Å². The van der Waals surface area contributed by atoms with E-state index in [1.54, 1.807) is 33.8 Å². The number of rotatable bonds is 6. The highest BCUT2D eigenvalue weighted by Crippen LogP contribution is 2.35. The Morgan fingerprint density at radius 2 is 1.87 bits per heavy atom. The van der Waals surface area contributed by atoms with Crippen LogP contribution >= 0.6 is 15.9 Å². The summed E-state index contributed by atoms with van der Waals surface area (Å²) in [5, 5.41) is 10.00. The monoisotopic (exact) mass is 388 g/mol. The Kier molecular flexibility index (Phi) is 6.71. The van der Waals surface area contributed by atoms with E-state index in [9.17, 15) is 19.5 Å². The lowest BCUT2D eigenvalue weighted by molar-refractivity contribution is -0.156. The predicted molar refractivity (Wildman–Crippen MR) is 90.1 cm³/mol. The van der Waals surface area contributed by atoms with Crippen LogP contribution in [0.25, 0.3) is 0 Å². The highest BCUT2D eigenvalue weighted by atomic mass is 79.9. The summed E-state index contributed by atoms with van der Waals surface area (Å²) in [6.45, 7) is 6.97. The van der Waals surface area contributed by atoms with E-state index in [-0.39, 0.29) is 18.0 Å². The Morgan fingerprint density at radius 1 is 1.35 bits per heavy atom. The number of allylic oxidation sites excluding steroid dienone is 1. The van der Waals surface area contributed by atoms with Gasteiger partial charge >= 0.3 is 5.97 Å². The Hall–Kier alpha value is -1.01. The van der Waals surface area contributed by atoms with Crippen LogP contribution in [-0.4, -0.2) is 34.3 Å². The van der Waals surface area contributed by atoms with Crippen molar-refractivity contribution in [3.8, 4) is 0 Å². The van der Waals surface area contributed by atoms with Gasteiger partial charge in [0.25, 0.3) is 0 Å². The van der Waals surface area contributed by atoms with Gasteiger partial charge in [0.2, 0.25) is 0 Å². The van der Waals surface area contributed by atoms with Crippen molar-refractivity contribution in [2.45, 2.75) is 71.5 Å². The highest BCUT2D eigenvalue weighted by molar-refractivity contribution is 9.11. The van der Waals surface area contributed by atoms with E-state index in [1.165, 1.54) is 0 Å². The molecule has 0 amide bonds. The molecule has 0 aliphatic heterocycles. The van der Waals surface area contributed by atoms with E-state index in [0.717, 1.165) is 0 Å². The third-order valence-corrected chi connectivity index (χ3v) is 4.74. The summed E-state index contributed by atoms with van der Waals surface area (Å²) in [5.41, 5.74) is -1.50. The number of ketones is 2. The maximum Gasteiger partial charge on any atom is 0.309 e. The third kappa shape index (κ3) is 5.84. The second-order valence-electron chi connectivity index (χ2n) is 7.11. The van der Waals surface area contributed by atoms with E-state index < -0.39 is 23.1 Å². The number of esters is 1. The largest absolute Gasteiger partial charge is 0.460 e. The molecular formula is C17H25BrO5. The molecule has 1 fully saturated rings. The normalized spacial score (nSPS) is 19.8. The van der Waals surface area contributed by atoms with Crippen LogP contribution < -0.4 is 0 Å². The molecule has 6 heteroatoms. The maximum atomic E-state index is 11.8. The Labute approximate surface area is 145 Å². The molecule has 1 aliphatic rings. The summed E-state index contributed by atoms with van der Waals surface area (Å²) in [7, 11) is 0. The summed E-state index contributed by atoms with van der Waals surface area (Å²) >= 11 is 3.24. The highest BCUT2D eigenvalue weighted by Gasteiger charge is 2.44. The van der Waals surface area contributed by atoms with Gasteiger partial charge in [-0.05, 0) is 40.5 Å².